The first-order chi connectivity index (χ1) is 14.5. The summed E-state index contributed by atoms with van der Waals surface area (Å²) in [7, 11) is 0. The van der Waals surface area contributed by atoms with E-state index in [4.69, 9.17) is 5.73 Å². The number of hydrogen-bond acceptors (Lipinski definition) is 3. The number of amides is 2. The summed E-state index contributed by atoms with van der Waals surface area (Å²) in [5, 5.41) is 0. The SMILES string of the molecule is CC(=O)N(c1ccccc1)[C@H]1CC(C)N(C(=O)c2ccc(N)cc2)c2ccccc21. The Morgan fingerprint density at radius 1 is 0.933 bits per heavy atom. The van der Waals surface area contributed by atoms with Gasteiger partial charge in [-0.05, 0) is 61.4 Å². The van der Waals surface area contributed by atoms with Gasteiger partial charge >= 0.3 is 0 Å². The molecule has 2 N–H and O–H groups in total. The Labute approximate surface area is 176 Å². The van der Waals surface area contributed by atoms with E-state index in [9.17, 15) is 9.59 Å². The normalized spacial score (nSPS) is 17.9. The molecule has 5 nitrogen and oxygen atoms in total. The van der Waals surface area contributed by atoms with E-state index in [2.05, 4.69) is 0 Å². The van der Waals surface area contributed by atoms with Crippen molar-refractivity contribution >= 4 is 28.9 Å². The lowest BCUT2D eigenvalue weighted by Gasteiger charge is -2.43. The standard InChI is InChI=1S/C25H25N3O2/c1-17-16-24(28(18(2)29)21-8-4-3-5-9-21)22-10-6-7-11-23(22)27(17)25(30)19-12-14-20(26)15-13-19/h3-15,17,24H,16,26H2,1-2H3/t17?,24-/m0/s1. The van der Waals surface area contributed by atoms with E-state index in [0.717, 1.165) is 16.9 Å². The molecule has 2 atom stereocenters. The zero-order valence-electron chi connectivity index (χ0n) is 17.2. The molecule has 1 unspecified atom stereocenters. The van der Waals surface area contributed by atoms with E-state index in [-0.39, 0.29) is 23.9 Å². The third-order valence-electron chi connectivity index (χ3n) is 5.62. The summed E-state index contributed by atoms with van der Waals surface area (Å²) in [6, 6.07) is 24.3. The Morgan fingerprint density at radius 2 is 1.57 bits per heavy atom. The molecular formula is C25H25N3O2. The molecule has 0 saturated heterocycles. The molecule has 0 spiro atoms. The van der Waals surface area contributed by atoms with Gasteiger partial charge in [0.05, 0.1) is 6.04 Å². The third-order valence-corrected chi connectivity index (χ3v) is 5.62. The smallest absolute Gasteiger partial charge is 0.258 e. The van der Waals surface area contributed by atoms with Gasteiger partial charge in [0.1, 0.15) is 0 Å². The molecule has 3 aromatic rings. The molecule has 0 aromatic heterocycles. The minimum Gasteiger partial charge on any atom is -0.399 e. The number of anilines is 3. The molecular weight excluding hydrogens is 374 g/mol. The third kappa shape index (κ3) is 3.54. The molecule has 0 bridgehead atoms. The maximum atomic E-state index is 13.4. The Balaban J connectivity index is 1.77. The molecule has 3 aromatic carbocycles. The predicted molar refractivity (Wildman–Crippen MR) is 121 cm³/mol. The van der Waals surface area contributed by atoms with Crippen molar-refractivity contribution in [1.82, 2.24) is 0 Å². The van der Waals surface area contributed by atoms with Gasteiger partial charge in [-0.3, -0.25) is 9.59 Å². The van der Waals surface area contributed by atoms with Crippen LogP contribution in [0, 0.1) is 0 Å². The van der Waals surface area contributed by atoms with Crippen LogP contribution in [-0.2, 0) is 4.79 Å². The van der Waals surface area contributed by atoms with Gasteiger partial charge in [-0.2, -0.15) is 0 Å². The van der Waals surface area contributed by atoms with Crippen LogP contribution in [0.3, 0.4) is 0 Å². The Bertz CT molecular complexity index is 1060. The number of carbonyl (C=O) groups excluding carboxylic acids is 2. The lowest BCUT2D eigenvalue weighted by Crippen LogP contribution is -2.47. The van der Waals surface area contributed by atoms with E-state index >= 15 is 0 Å². The van der Waals surface area contributed by atoms with Crippen LogP contribution in [0.5, 0.6) is 0 Å². The van der Waals surface area contributed by atoms with Gasteiger partial charge in [0.15, 0.2) is 0 Å². The summed E-state index contributed by atoms with van der Waals surface area (Å²) in [5.41, 5.74) is 9.66. The number of fused-ring (bicyclic) bond motifs is 1. The van der Waals surface area contributed by atoms with Crippen LogP contribution >= 0.6 is 0 Å². The lowest BCUT2D eigenvalue weighted by molar-refractivity contribution is -0.117. The molecule has 0 aliphatic carbocycles. The first-order valence-corrected chi connectivity index (χ1v) is 10.1. The average molecular weight is 399 g/mol. The summed E-state index contributed by atoms with van der Waals surface area (Å²) in [6.07, 6.45) is 0.645. The van der Waals surface area contributed by atoms with Crippen LogP contribution < -0.4 is 15.5 Å². The van der Waals surface area contributed by atoms with Crippen molar-refractivity contribution in [2.24, 2.45) is 0 Å². The van der Waals surface area contributed by atoms with Crippen molar-refractivity contribution in [3.63, 3.8) is 0 Å². The first kappa shape index (κ1) is 19.7. The number of para-hydroxylation sites is 2. The number of benzene rings is 3. The molecule has 1 aliphatic heterocycles. The highest BCUT2D eigenvalue weighted by Gasteiger charge is 2.37. The highest BCUT2D eigenvalue weighted by Crippen LogP contribution is 2.42. The van der Waals surface area contributed by atoms with Crippen LogP contribution in [0.4, 0.5) is 17.1 Å². The second-order valence-electron chi connectivity index (χ2n) is 7.68. The summed E-state index contributed by atoms with van der Waals surface area (Å²) < 4.78 is 0. The summed E-state index contributed by atoms with van der Waals surface area (Å²) in [4.78, 5) is 29.7. The maximum Gasteiger partial charge on any atom is 0.258 e. The van der Waals surface area contributed by atoms with E-state index in [0.29, 0.717) is 17.7 Å². The number of nitrogens with zero attached hydrogens (tertiary/aromatic N) is 2. The molecule has 0 radical (unpaired) electrons. The quantitative estimate of drug-likeness (QED) is 0.643. The van der Waals surface area contributed by atoms with E-state index in [1.165, 1.54) is 0 Å². The zero-order valence-corrected chi connectivity index (χ0v) is 17.2. The van der Waals surface area contributed by atoms with E-state index in [1.807, 2.05) is 71.3 Å². The number of rotatable bonds is 3. The first-order valence-electron chi connectivity index (χ1n) is 10.1. The summed E-state index contributed by atoms with van der Waals surface area (Å²) in [6.45, 7) is 3.62. The molecule has 152 valence electrons. The minimum atomic E-state index is -0.147. The molecule has 0 fully saturated rings. The molecule has 2 amide bonds. The fraction of sp³-hybridized carbons (Fsp3) is 0.200. The molecule has 1 aliphatic rings. The second kappa shape index (κ2) is 8.03. The molecule has 5 heteroatoms. The Hall–Kier alpha value is -3.60. The van der Waals surface area contributed by atoms with Gasteiger partial charge in [-0.25, -0.2) is 0 Å². The number of nitrogens with two attached hydrogens (primary N) is 1. The second-order valence-corrected chi connectivity index (χ2v) is 7.68. The van der Waals surface area contributed by atoms with Crippen molar-refractivity contribution in [1.29, 1.82) is 0 Å². The average Bonchev–Trinajstić information content (AvgIpc) is 2.74. The highest BCUT2D eigenvalue weighted by atomic mass is 16.2. The molecule has 0 saturated carbocycles. The zero-order chi connectivity index (χ0) is 21.3. The molecule has 4 rings (SSSR count). The van der Waals surface area contributed by atoms with Crippen LogP contribution in [0.1, 0.15) is 42.2 Å². The molecule has 1 heterocycles. The predicted octanol–water partition coefficient (Wildman–Crippen LogP) is 4.80. The highest BCUT2D eigenvalue weighted by molar-refractivity contribution is 6.07. The van der Waals surface area contributed by atoms with Crippen molar-refractivity contribution in [3.05, 3.63) is 90.0 Å². The van der Waals surface area contributed by atoms with Crippen molar-refractivity contribution in [2.45, 2.75) is 32.4 Å². The number of carbonyl (C=O) groups is 2. The van der Waals surface area contributed by atoms with Crippen molar-refractivity contribution < 1.29 is 9.59 Å². The Kier molecular flexibility index (Phi) is 5.27. The largest absolute Gasteiger partial charge is 0.399 e. The van der Waals surface area contributed by atoms with Gasteiger partial charge in [-0.1, -0.05) is 36.4 Å². The van der Waals surface area contributed by atoms with Crippen LogP contribution in [-0.4, -0.2) is 17.9 Å². The minimum absolute atomic E-state index is 0.0217. The van der Waals surface area contributed by atoms with Crippen molar-refractivity contribution in [2.75, 3.05) is 15.5 Å². The Morgan fingerprint density at radius 3 is 2.23 bits per heavy atom. The molecule has 30 heavy (non-hydrogen) atoms. The number of nitrogen functional groups attached to an aromatic ring is 1. The van der Waals surface area contributed by atoms with E-state index in [1.54, 1.807) is 31.2 Å². The van der Waals surface area contributed by atoms with Gasteiger partial charge in [0.25, 0.3) is 5.91 Å². The van der Waals surface area contributed by atoms with Gasteiger partial charge in [-0.15, -0.1) is 0 Å². The van der Waals surface area contributed by atoms with E-state index < -0.39 is 0 Å². The van der Waals surface area contributed by atoms with Crippen molar-refractivity contribution in [3.8, 4) is 0 Å². The van der Waals surface area contributed by atoms with Gasteiger partial charge in [0.2, 0.25) is 5.91 Å². The monoisotopic (exact) mass is 399 g/mol. The fourth-order valence-corrected chi connectivity index (χ4v) is 4.27. The topological polar surface area (TPSA) is 66.6 Å². The fourth-order valence-electron chi connectivity index (χ4n) is 4.27. The maximum absolute atomic E-state index is 13.4. The van der Waals surface area contributed by atoms with Crippen LogP contribution in [0.15, 0.2) is 78.9 Å². The van der Waals surface area contributed by atoms with Crippen LogP contribution in [0.25, 0.3) is 0 Å². The van der Waals surface area contributed by atoms with Gasteiger partial charge < -0.3 is 15.5 Å². The van der Waals surface area contributed by atoms with Gasteiger partial charge in [0, 0.05) is 35.6 Å². The number of hydrogen-bond donors (Lipinski definition) is 1. The lowest BCUT2D eigenvalue weighted by atomic mass is 9.89. The summed E-state index contributed by atoms with van der Waals surface area (Å²) >= 11 is 0. The van der Waals surface area contributed by atoms with Crippen LogP contribution in [0.2, 0.25) is 0 Å². The summed E-state index contributed by atoms with van der Waals surface area (Å²) in [5.74, 6) is -0.0889.